The van der Waals surface area contributed by atoms with Crippen molar-refractivity contribution in [1.29, 1.82) is 0 Å². The van der Waals surface area contributed by atoms with Gasteiger partial charge < -0.3 is 15.7 Å². The summed E-state index contributed by atoms with van der Waals surface area (Å²) in [6, 6.07) is 7.94. The van der Waals surface area contributed by atoms with E-state index in [0.29, 0.717) is 6.54 Å². The average molecular weight is 250 g/mol. The Morgan fingerprint density at radius 1 is 1.39 bits per heavy atom. The van der Waals surface area contributed by atoms with Gasteiger partial charge in [0.05, 0.1) is 6.54 Å². The predicted molar refractivity (Wildman–Crippen MR) is 73.6 cm³/mol. The number of hydrogen-bond donors (Lipinski definition) is 3. The van der Waals surface area contributed by atoms with Crippen molar-refractivity contribution in [2.75, 3.05) is 18.5 Å². The summed E-state index contributed by atoms with van der Waals surface area (Å²) >= 11 is 0. The van der Waals surface area contributed by atoms with Gasteiger partial charge in [0.25, 0.3) is 0 Å². The zero-order chi connectivity index (χ0) is 13.4. The van der Waals surface area contributed by atoms with E-state index < -0.39 is 0 Å². The molecule has 4 heteroatoms. The highest BCUT2D eigenvalue weighted by atomic mass is 16.2. The second-order valence-corrected chi connectivity index (χ2v) is 4.51. The van der Waals surface area contributed by atoms with E-state index in [0.717, 1.165) is 24.1 Å². The molecule has 0 radical (unpaired) electrons. The van der Waals surface area contributed by atoms with Gasteiger partial charge in [-0.15, -0.1) is 0 Å². The summed E-state index contributed by atoms with van der Waals surface area (Å²) in [5, 5.41) is 14.7. The van der Waals surface area contributed by atoms with Crippen LogP contribution >= 0.6 is 0 Å². The summed E-state index contributed by atoms with van der Waals surface area (Å²) in [6.45, 7) is 4.46. The van der Waals surface area contributed by atoms with Gasteiger partial charge in [-0.05, 0) is 38.3 Å². The summed E-state index contributed by atoms with van der Waals surface area (Å²) in [7, 11) is 0. The third-order valence-electron chi connectivity index (χ3n) is 2.83. The number of benzene rings is 1. The van der Waals surface area contributed by atoms with Crippen LogP contribution in [0.5, 0.6) is 0 Å². The van der Waals surface area contributed by atoms with Gasteiger partial charge in [0.1, 0.15) is 0 Å². The maximum Gasteiger partial charge on any atom is 0.238 e. The Balaban J connectivity index is 2.32. The van der Waals surface area contributed by atoms with Crippen LogP contribution in [0.15, 0.2) is 24.3 Å². The van der Waals surface area contributed by atoms with Crippen LogP contribution in [0.1, 0.15) is 25.3 Å². The molecule has 0 bridgehead atoms. The molecule has 0 saturated heterocycles. The maximum atomic E-state index is 11.7. The van der Waals surface area contributed by atoms with Crippen molar-refractivity contribution in [3.05, 3.63) is 29.8 Å². The molecule has 1 aromatic rings. The number of nitrogens with one attached hydrogen (secondary N) is 2. The molecule has 0 aliphatic carbocycles. The van der Waals surface area contributed by atoms with E-state index in [9.17, 15) is 4.79 Å². The molecular formula is C14H22N2O2. The number of aliphatic hydroxyl groups excluding tert-OH is 1. The highest BCUT2D eigenvalue weighted by Crippen LogP contribution is 2.12. The van der Waals surface area contributed by atoms with Crippen LogP contribution < -0.4 is 10.6 Å². The van der Waals surface area contributed by atoms with E-state index in [2.05, 4.69) is 10.6 Å². The van der Waals surface area contributed by atoms with Gasteiger partial charge >= 0.3 is 0 Å². The smallest absolute Gasteiger partial charge is 0.238 e. The normalized spacial score (nSPS) is 12.2. The van der Waals surface area contributed by atoms with Crippen molar-refractivity contribution in [3.8, 4) is 0 Å². The maximum absolute atomic E-state index is 11.7. The highest BCUT2D eigenvalue weighted by Gasteiger charge is 2.06. The number of aryl methyl sites for hydroxylation is 1. The lowest BCUT2D eigenvalue weighted by Crippen LogP contribution is -2.34. The summed E-state index contributed by atoms with van der Waals surface area (Å²) in [4.78, 5) is 11.7. The van der Waals surface area contributed by atoms with Crippen LogP contribution in [0.2, 0.25) is 0 Å². The number of para-hydroxylation sites is 1. The third-order valence-corrected chi connectivity index (χ3v) is 2.83. The predicted octanol–water partition coefficient (Wildman–Crippen LogP) is 1.68. The van der Waals surface area contributed by atoms with Gasteiger partial charge in [-0.1, -0.05) is 18.2 Å². The van der Waals surface area contributed by atoms with Gasteiger partial charge in [-0.2, -0.15) is 0 Å². The zero-order valence-corrected chi connectivity index (χ0v) is 11.1. The molecule has 3 N–H and O–H groups in total. The number of amides is 1. The second kappa shape index (κ2) is 7.84. The number of aliphatic hydroxyl groups is 1. The first kappa shape index (κ1) is 14.7. The number of anilines is 1. The molecule has 0 aliphatic rings. The number of rotatable bonds is 7. The van der Waals surface area contributed by atoms with E-state index in [1.165, 1.54) is 0 Å². The Morgan fingerprint density at radius 3 is 2.78 bits per heavy atom. The minimum Gasteiger partial charge on any atom is -0.396 e. The largest absolute Gasteiger partial charge is 0.396 e. The lowest BCUT2D eigenvalue weighted by atomic mass is 10.2. The van der Waals surface area contributed by atoms with Crippen LogP contribution in [0.25, 0.3) is 0 Å². The standard InChI is InChI=1S/C14H22N2O2/c1-11-6-3-4-8-13(11)16-14(18)10-15-12(2)7-5-9-17/h3-4,6,8,12,15,17H,5,7,9-10H2,1-2H3,(H,16,18). The van der Waals surface area contributed by atoms with E-state index in [1.54, 1.807) is 0 Å². The Bertz CT molecular complexity index is 380. The van der Waals surface area contributed by atoms with E-state index in [1.807, 2.05) is 38.1 Å². The Hall–Kier alpha value is -1.39. The first-order valence-electron chi connectivity index (χ1n) is 6.33. The molecule has 1 amide bonds. The van der Waals surface area contributed by atoms with Crippen LogP contribution in [0.3, 0.4) is 0 Å². The fourth-order valence-corrected chi connectivity index (χ4v) is 1.67. The van der Waals surface area contributed by atoms with Gasteiger partial charge in [-0.25, -0.2) is 0 Å². The quantitative estimate of drug-likeness (QED) is 0.690. The second-order valence-electron chi connectivity index (χ2n) is 4.51. The lowest BCUT2D eigenvalue weighted by Gasteiger charge is -2.13. The minimum atomic E-state index is -0.0415. The molecule has 18 heavy (non-hydrogen) atoms. The van der Waals surface area contributed by atoms with Gasteiger partial charge in [0.2, 0.25) is 5.91 Å². The molecule has 0 spiro atoms. The van der Waals surface area contributed by atoms with Crippen molar-refractivity contribution in [3.63, 3.8) is 0 Å². The van der Waals surface area contributed by atoms with Gasteiger partial charge in [0, 0.05) is 18.3 Å². The number of carbonyl (C=O) groups is 1. The molecule has 0 aliphatic heterocycles. The van der Waals surface area contributed by atoms with Gasteiger partial charge in [0.15, 0.2) is 0 Å². The molecule has 1 rings (SSSR count). The molecule has 0 aromatic heterocycles. The first-order chi connectivity index (χ1) is 8.63. The monoisotopic (exact) mass is 250 g/mol. The average Bonchev–Trinajstić information content (AvgIpc) is 2.36. The summed E-state index contributed by atoms with van der Waals surface area (Å²) in [6.07, 6.45) is 1.63. The van der Waals surface area contributed by atoms with Crippen LogP contribution in [0.4, 0.5) is 5.69 Å². The topological polar surface area (TPSA) is 61.4 Å². The van der Waals surface area contributed by atoms with Crippen LogP contribution in [0, 0.1) is 6.92 Å². The summed E-state index contributed by atoms with van der Waals surface area (Å²) < 4.78 is 0. The molecule has 1 atom stereocenters. The Morgan fingerprint density at radius 2 is 2.11 bits per heavy atom. The molecule has 0 heterocycles. The fraction of sp³-hybridized carbons (Fsp3) is 0.500. The fourth-order valence-electron chi connectivity index (χ4n) is 1.67. The Labute approximate surface area is 108 Å². The van der Waals surface area contributed by atoms with Crippen molar-refractivity contribution >= 4 is 11.6 Å². The van der Waals surface area contributed by atoms with E-state index in [4.69, 9.17) is 5.11 Å². The van der Waals surface area contributed by atoms with E-state index in [-0.39, 0.29) is 18.6 Å². The van der Waals surface area contributed by atoms with Crippen LogP contribution in [-0.4, -0.2) is 30.2 Å². The first-order valence-corrected chi connectivity index (χ1v) is 6.33. The summed E-state index contributed by atoms with van der Waals surface area (Å²) in [5.41, 5.74) is 1.91. The van der Waals surface area contributed by atoms with E-state index >= 15 is 0 Å². The number of hydrogen-bond acceptors (Lipinski definition) is 3. The Kier molecular flexibility index (Phi) is 6.39. The number of carbonyl (C=O) groups excluding carboxylic acids is 1. The molecule has 100 valence electrons. The third kappa shape index (κ3) is 5.29. The van der Waals surface area contributed by atoms with Crippen molar-refractivity contribution in [2.24, 2.45) is 0 Å². The molecule has 1 aromatic carbocycles. The lowest BCUT2D eigenvalue weighted by molar-refractivity contribution is -0.115. The highest BCUT2D eigenvalue weighted by molar-refractivity contribution is 5.92. The molecule has 4 nitrogen and oxygen atoms in total. The van der Waals surface area contributed by atoms with Crippen molar-refractivity contribution < 1.29 is 9.90 Å². The molecule has 0 fully saturated rings. The molecular weight excluding hydrogens is 228 g/mol. The van der Waals surface area contributed by atoms with Crippen molar-refractivity contribution in [1.82, 2.24) is 5.32 Å². The molecule has 1 unspecified atom stereocenters. The van der Waals surface area contributed by atoms with Crippen LogP contribution in [-0.2, 0) is 4.79 Å². The zero-order valence-electron chi connectivity index (χ0n) is 11.1. The SMILES string of the molecule is Cc1ccccc1NC(=O)CNC(C)CCCO. The van der Waals surface area contributed by atoms with Crippen molar-refractivity contribution in [2.45, 2.75) is 32.7 Å². The summed E-state index contributed by atoms with van der Waals surface area (Å²) in [5.74, 6) is -0.0415. The minimum absolute atomic E-state index is 0.0415. The molecule has 0 saturated carbocycles. The van der Waals surface area contributed by atoms with Gasteiger partial charge in [-0.3, -0.25) is 4.79 Å².